The molecule has 0 amide bonds. The molecule has 0 saturated heterocycles. The summed E-state index contributed by atoms with van der Waals surface area (Å²) in [6.45, 7) is 13.4. The van der Waals surface area contributed by atoms with E-state index in [1.54, 1.807) is 22.7 Å². The largest absolute Gasteiger partial charge is 0.350 e. The van der Waals surface area contributed by atoms with E-state index in [4.69, 9.17) is 0 Å². The maximum atomic E-state index is 13.5. The van der Waals surface area contributed by atoms with Gasteiger partial charge < -0.3 is 10.6 Å². The quantitative estimate of drug-likeness (QED) is 0.144. The third kappa shape index (κ3) is 6.71. The number of nitrogens with one attached hydrogen (secondary N) is 2. The zero-order chi connectivity index (χ0) is 37.1. The number of carbonyl (C=O) groups is 2. The first-order valence-electron chi connectivity index (χ1n) is 18.2. The Labute approximate surface area is 328 Å². The fraction of sp³-hybridized carbons (Fsp3) is 0.244. The number of carbonyl (C=O) groups excluding carboxylic acids is 2. The van der Waals surface area contributed by atoms with Crippen LogP contribution in [0.3, 0.4) is 0 Å². The van der Waals surface area contributed by atoms with Crippen molar-refractivity contribution in [1.82, 2.24) is 0 Å². The highest BCUT2D eigenvalue weighted by Gasteiger charge is 2.35. The van der Waals surface area contributed by atoms with Crippen LogP contribution in [-0.2, 0) is 10.8 Å². The van der Waals surface area contributed by atoms with Gasteiger partial charge in [0.05, 0.1) is 11.4 Å². The van der Waals surface area contributed by atoms with Gasteiger partial charge in [-0.05, 0) is 114 Å². The van der Waals surface area contributed by atoms with Crippen LogP contribution in [-0.4, -0.2) is 11.6 Å². The highest BCUT2D eigenvalue weighted by Crippen LogP contribution is 2.44. The van der Waals surface area contributed by atoms with E-state index < -0.39 is 0 Å². The molecule has 0 radical (unpaired) electrons. The lowest BCUT2D eigenvalue weighted by Crippen LogP contribution is -2.18. The predicted octanol–water partition coefficient (Wildman–Crippen LogP) is 14.0. The highest BCUT2D eigenvalue weighted by molar-refractivity contribution is 7.24. The zero-order valence-electron chi connectivity index (χ0n) is 30.8. The van der Waals surface area contributed by atoms with Crippen LogP contribution in [0.4, 0.5) is 11.4 Å². The first-order valence-corrected chi connectivity index (χ1v) is 21.5. The van der Waals surface area contributed by atoms with Crippen LogP contribution in [0.2, 0.25) is 0 Å². The molecule has 4 aromatic heterocycles. The number of benzene rings is 2. The Kier molecular flexibility index (Phi) is 9.30. The number of allylic oxidation sites excluding steroid dienone is 2. The van der Waals surface area contributed by atoms with Crippen molar-refractivity contribution in [3.05, 3.63) is 128 Å². The molecule has 8 rings (SSSR count). The Morgan fingerprint density at radius 1 is 0.585 bits per heavy atom. The van der Waals surface area contributed by atoms with E-state index in [-0.39, 0.29) is 22.4 Å². The summed E-state index contributed by atoms with van der Waals surface area (Å²) in [5, 5.41) is 6.54. The van der Waals surface area contributed by atoms with Crippen molar-refractivity contribution >= 4 is 80.4 Å². The molecule has 8 heteroatoms. The van der Waals surface area contributed by atoms with Gasteiger partial charge in [-0.3, -0.25) is 9.59 Å². The molecule has 53 heavy (non-hydrogen) atoms. The molecular formula is C45H42N2O2S4. The molecule has 2 aliphatic heterocycles. The molecule has 6 aromatic rings. The zero-order valence-corrected chi connectivity index (χ0v) is 34.1. The van der Waals surface area contributed by atoms with Gasteiger partial charge in [0.2, 0.25) is 11.6 Å². The summed E-state index contributed by atoms with van der Waals surface area (Å²) in [5.74, 6) is -0.328. The van der Waals surface area contributed by atoms with Gasteiger partial charge >= 0.3 is 0 Å². The molecule has 1 atom stereocenters. The molecule has 2 aromatic carbocycles. The minimum Gasteiger partial charge on any atom is -0.350 e. The minimum absolute atomic E-state index is 0.0514. The van der Waals surface area contributed by atoms with E-state index in [0.29, 0.717) is 22.5 Å². The second-order valence-corrected chi connectivity index (χ2v) is 19.6. The third-order valence-corrected chi connectivity index (χ3v) is 15.5. The number of rotatable bonds is 9. The van der Waals surface area contributed by atoms with Crippen molar-refractivity contribution in [2.75, 3.05) is 10.6 Å². The average Bonchev–Trinajstić information content (AvgIpc) is 3.99. The molecule has 1 unspecified atom stereocenters. The number of fused-ring (bicyclic) bond motifs is 2. The van der Waals surface area contributed by atoms with Crippen LogP contribution in [0.1, 0.15) is 102 Å². The Hall–Kier alpha value is -4.34. The van der Waals surface area contributed by atoms with Crippen LogP contribution < -0.4 is 10.6 Å². The first-order chi connectivity index (χ1) is 25.4. The monoisotopic (exact) mass is 770 g/mol. The standard InChI is InChI=1S/C45H42N2O2S4/c1-7-23-45(6,8-2)39-22-21-38(53-39)36-18-14-29(51-36)12-11-28-13-17-35(50-28)37-20-19-34(52-37)26-9-15-30-32(24-26)46-40(42(30)48)41-43(49)31-16-10-27(44(3,4)5)25-33(31)47-41/h9-22,24-25,46-47H,7-8,23H2,1-6H3/b12-11+,41-40+. The van der Waals surface area contributed by atoms with E-state index in [1.165, 1.54) is 53.4 Å². The van der Waals surface area contributed by atoms with Crippen molar-refractivity contribution in [2.45, 2.75) is 71.6 Å². The van der Waals surface area contributed by atoms with Crippen molar-refractivity contribution in [3.8, 4) is 29.9 Å². The second-order valence-electron chi connectivity index (χ2n) is 15.2. The van der Waals surface area contributed by atoms with Crippen LogP contribution in [0.25, 0.3) is 42.1 Å². The van der Waals surface area contributed by atoms with Gasteiger partial charge in [0.15, 0.2) is 0 Å². The molecule has 2 N–H and O–H groups in total. The first kappa shape index (κ1) is 35.7. The van der Waals surface area contributed by atoms with E-state index in [9.17, 15) is 9.59 Å². The number of Topliss-reactive ketones (excluding diaryl/α,β-unsaturated/α-hetero) is 2. The fourth-order valence-electron chi connectivity index (χ4n) is 7.08. The van der Waals surface area contributed by atoms with Crippen LogP contribution in [0.15, 0.2) is 96.3 Å². The number of anilines is 2. The molecule has 0 fully saturated rings. The van der Waals surface area contributed by atoms with Gasteiger partial charge in [-0.2, -0.15) is 0 Å². The molecule has 4 nitrogen and oxygen atoms in total. The van der Waals surface area contributed by atoms with Gasteiger partial charge in [-0.25, -0.2) is 0 Å². The van der Waals surface area contributed by atoms with Crippen LogP contribution in [0, 0.1) is 0 Å². The van der Waals surface area contributed by atoms with Gasteiger partial charge in [0.1, 0.15) is 11.4 Å². The van der Waals surface area contributed by atoms with Crippen molar-refractivity contribution in [2.24, 2.45) is 0 Å². The lowest BCUT2D eigenvalue weighted by molar-refractivity contribution is 0.101. The van der Waals surface area contributed by atoms with E-state index in [2.05, 4.69) is 113 Å². The Morgan fingerprint density at radius 2 is 1.11 bits per heavy atom. The average molecular weight is 771 g/mol. The minimum atomic E-state index is -0.168. The van der Waals surface area contributed by atoms with Crippen molar-refractivity contribution in [1.29, 1.82) is 0 Å². The van der Waals surface area contributed by atoms with Crippen LogP contribution in [0.5, 0.6) is 0 Å². The molecule has 2 aliphatic rings. The number of ketones is 2. The number of hydrogen-bond donors (Lipinski definition) is 2. The van der Waals surface area contributed by atoms with Gasteiger partial charge in [0, 0.05) is 55.6 Å². The van der Waals surface area contributed by atoms with Crippen molar-refractivity contribution in [3.63, 3.8) is 0 Å². The Bertz CT molecular complexity index is 2460. The molecule has 6 heterocycles. The number of hydrogen-bond acceptors (Lipinski definition) is 8. The fourth-order valence-corrected chi connectivity index (χ4v) is 11.3. The number of thiophene rings is 4. The lowest BCUT2D eigenvalue weighted by atomic mass is 9.81. The summed E-state index contributed by atoms with van der Waals surface area (Å²) in [7, 11) is 0. The topological polar surface area (TPSA) is 58.2 Å². The molecule has 0 spiro atoms. The summed E-state index contributed by atoms with van der Waals surface area (Å²) in [6, 6.07) is 29.6. The maximum absolute atomic E-state index is 13.5. The van der Waals surface area contributed by atoms with Gasteiger partial charge in [-0.1, -0.05) is 60.1 Å². The van der Waals surface area contributed by atoms with E-state index in [0.717, 1.165) is 27.4 Å². The van der Waals surface area contributed by atoms with Gasteiger partial charge in [0.25, 0.3) is 0 Å². The maximum Gasteiger partial charge on any atom is 0.213 e. The summed E-state index contributed by atoms with van der Waals surface area (Å²) in [6.07, 6.45) is 8.04. The second kappa shape index (κ2) is 13.8. The summed E-state index contributed by atoms with van der Waals surface area (Å²) in [5.41, 5.74) is 5.64. The SMILES string of the molecule is CCCC(C)(CC)c1ccc(-c2ccc(/C=C/c3ccc(-c4ccc(-c5ccc6c(c5)N/C(=C5/Nc7cc(C(C)(C)C)ccc7C5=O)C6=O)s4)s3)s2)s1. The summed E-state index contributed by atoms with van der Waals surface area (Å²) >= 11 is 7.33. The van der Waals surface area contributed by atoms with Crippen molar-refractivity contribution < 1.29 is 9.59 Å². The van der Waals surface area contributed by atoms with E-state index >= 15 is 0 Å². The molecule has 0 bridgehead atoms. The normalized spacial score (nSPS) is 16.6. The van der Waals surface area contributed by atoms with E-state index in [1.807, 2.05) is 59.1 Å². The third-order valence-electron chi connectivity index (χ3n) is 10.4. The molecular weight excluding hydrogens is 729 g/mol. The predicted molar refractivity (Wildman–Crippen MR) is 230 cm³/mol. The molecule has 268 valence electrons. The molecule has 0 saturated carbocycles. The summed E-state index contributed by atoms with van der Waals surface area (Å²) in [4.78, 5) is 37.1. The summed E-state index contributed by atoms with van der Waals surface area (Å²) < 4.78 is 0. The van der Waals surface area contributed by atoms with Crippen LogP contribution >= 0.6 is 45.3 Å². The Balaban J connectivity index is 0.954. The van der Waals surface area contributed by atoms with Gasteiger partial charge in [-0.15, -0.1) is 45.3 Å². The Morgan fingerprint density at radius 3 is 1.72 bits per heavy atom. The highest BCUT2D eigenvalue weighted by atomic mass is 32.1. The smallest absolute Gasteiger partial charge is 0.213 e. The molecule has 0 aliphatic carbocycles. The lowest BCUT2D eigenvalue weighted by Gasteiger charge is -2.26.